The molecular weight excluding hydrogens is 378 g/mol. The van der Waals surface area contributed by atoms with Crippen molar-refractivity contribution in [2.75, 3.05) is 16.8 Å². The van der Waals surface area contributed by atoms with Gasteiger partial charge in [-0.2, -0.15) is 4.98 Å². The number of carbonyl (C=O) groups is 1. The van der Waals surface area contributed by atoms with Crippen molar-refractivity contribution < 1.29 is 4.79 Å². The number of aromatic nitrogens is 4. The van der Waals surface area contributed by atoms with Crippen molar-refractivity contribution in [2.24, 2.45) is 0 Å². The van der Waals surface area contributed by atoms with E-state index in [-0.39, 0.29) is 18.1 Å². The molecule has 1 aliphatic rings. The Balaban J connectivity index is 1.48. The lowest BCUT2D eigenvalue weighted by Crippen LogP contribution is -2.29. The fraction of sp³-hybridized carbons (Fsp3) is 0.263. The first-order chi connectivity index (χ1) is 13.5. The molecule has 0 bridgehead atoms. The first-order valence-electron chi connectivity index (χ1n) is 8.97. The van der Waals surface area contributed by atoms with E-state index in [0.717, 1.165) is 11.4 Å². The number of urea groups is 1. The third-order valence-corrected chi connectivity index (χ3v) is 4.76. The highest BCUT2D eigenvalue weighted by Gasteiger charge is 2.28. The fourth-order valence-electron chi connectivity index (χ4n) is 3.04. The summed E-state index contributed by atoms with van der Waals surface area (Å²) in [5.41, 5.74) is 1.82. The van der Waals surface area contributed by atoms with Gasteiger partial charge in [0.2, 0.25) is 5.95 Å². The van der Waals surface area contributed by atoms with Crippen LogP contribution in [0.3, 0.4) is 0 Å². The number of hydrogen-bond donors (Lipinski definition) is 2. The third-order valence-electron chi connectivity index (χ3n) is 4.51. The molecule has 8 nitrogen and oxygen atoms in total. The van der Waals surface area contributed by atoms with Crippen molar-refractivity contribution in [3.05, 3.63) is 59.8 Å². The van der Waals surface area contributed by atoms with Crippen LogP contribution in [0.25, 0.3) is 5.69 Å². The number of imidazole rings is 1. The molecule has 2 unspecified atom stereocenters. The summed E-state index contributed by atoms with van der Waals surface area (Å²) in [7, 11) is 0. The molecule has 0 saturated carbocycles. The van der Waals surface area contributed by atoms with E-state index in [0.29, 0.717) is 23.3 Å². The molecule has 144 valence electrons. The van der Waals surface area contributed by atoms with Crippen molar-refractivity contribution in [3.8, 4) is 5.69 Å². The first-order valence-corrected chi connectivity index (χ1v) is 9.35. The average molecular weight is 398 g/mol. The molecule has 4 rings (SSSR count). The Morgan fingerprint density at radius 1 is 1.25 bits per heavy atom. The van der Waals surface area contributed by atoms with Gasteiger partial charge in [-0.1, -0.05) is 11.6 Å². The van der Waals surface area contributed by atoms with E-state index in [4.69, 9.17) is 11.6 Å². The Morgan fingerprint density at radius 3 is 2.75 bits per heavy atom. The molecule has 2 atom stereocenters. The molecule has 2 aromatic heterocycles. The van der Waals surface area contributed by atoms with Crippen LogP contribution in [-0.2, 0) is 0 Å². The van der Waals surface area contributed by atoms with E-state index in [1.807, 2.05) is 48.9 Å². The zero-order valence-electron chi connectivity index (χ0n) is 15.5. The lowest BCUT2D eigenvalue weighted by molar-refractivity contribution is 0.251. The highest BCUT2D eigenvalue weighted by Crippen LogP contribution is 2.21. The number of hydrogen-bond acceptors (Lipinski definition) is 5. The molecule has 1 saturated heterocycles. The van der Waals surface area contributed by atoms with Gasteiger partial charge in [0.05, 0.1) is 18.1 Å². The van der Waals surface area contributed by atoms with Gasteiger partial charge in [0.1, 0.15) is 5.82 Å². The molecule has 3 aromatic rings. The maximum Gasteiger partial charge on any atom is 0.323 e. The van der Waals surface area contributed by atoms with Crippen LogP contribution in [0.4, 0.5) is 16.6 Å². The average Bonchev–Trinajstić information content (AvgIpc) is 3.29. The minimum atomic E-state index is -0.146. The predicted molar refractivity (Wildman–Crippen MR) is 108 cm³/mol. The quantitative estimate of drug-likeness (QED) is 0.688. The number of nitrogens with one attached hydrogen (secondary N) is 2. The highest BCUT2D eigenvalue weighted by molar-refractivity contribution is 6.30. The normalized spacial score (nSPS) is 17.5. The van der Waals surface area contributed by atoms with Crippen LogP contribution in [0.2, 0.25) is 5.02 Å². The lowest BCUT2D eigenvalue weighted by atomic mass is 10.2. The van der Waals surface area contributed by atoms with Gasteiger partial charge in [0.15, 0.2) is 0 Å². The Kier molecular flexibility index (Phi) is 4.87. The van der Waals surface area contributed by atoms with Crippen molar-refractivity contribution in [3.63, 3.8) is 0 Å². The number of halogens is 1. The fourth-order valence-corrected chi connectivity index (χ4v) is 3.17. The second-order valence-electron chi connectivity index (χ2n) is 6.75. The molecular formula is C19H20ClN7O. The molecule has 0 spiro atoms. The number of rotatable bonds is 5. The molecule has 1 aliphatic heterocycles. The van der Waals surface area contributed by atoms with Crippen LogP contribution < -0.4 is 15.5 Å². The van der Waals surface area contributed by atoms with E-state index in [9.17, 15) is 4.79 Å². The summed E-state index contributed by atoms with van der Waals surface area (Å²) in [5.74, 6) is 1.01. The van der Waals surface area contributed by atoms with Gasteiger partial charge in [-0.05, 0) is 44.2 Å². The number of amides is 2. The topological polar surface area (TPSA) is 88.0 Å². The number of anilines is 2. The SMILES string of the molecule is CC1CN(c2ccnc(NC(C)c3cn(-c4ccc(Cl)cc4)cn3)n2)C(=O)N1. The largest absolute Gasteiger partial charge is 0.346 e. The minimum absolute atomic E-state index is 0.0923. The predicted octanol–water partition coefficient (Wildman–Crippen LogP) is 3.41. The maximum atomic E-state index is 12.0. The summed E-state index contributed by atoms with van der Waals surface area (Å²) < 4.78 is 1.93. The smallest absolute Gasteiger partial charge is 0.323 e. The van der Waals surface area contributed by atoms with Gasteiger partial charge in [-0.25, -0.2) is 14.8 Å². The standard InChI is InChI=1S/C19H20ClN7O/c1-12-9-27(19(28)23-12)17-7-8-21-18(25-17)24-13(2)16-10-26(11-22-16)15-5-3-14(20)4-6-15/h3-8,10-13H,9H2,1-2H3,(H,23,28)(H,21,24,25). The van der Waals surface area contributed by atoms with Crippen molar-refractivity contribution in [2.45, 2.75) is 25.9 Å². The third kappa shape index (κ3) is 3.77. The van der Waals surface area contributed by atoms with Crippen LogP contribution in [0.5, 0.6) is 0 Å². The molecule has 3 heterocycles. The van der Waals surface area contributed by atoms with Crippen molar-refractivity contribution in [1.82, 2.24) is 24.8 Å². The van der Waals surface area contributed by atoms with Gasteiger partial charge >= 0.3 is 6.03 Å². The molecule has 0 aliphatic carbocycles. The van der Waals surface area contributed by atoms with E-state index < -0.39 is 0 Å². The molecule has 0 radical (unpaired) electrons. The van der Waals surface area contributed by atoms with Crippen molar-refractivity contribution in [1.29, 1.82) is 0 Å². The first kappa shape index (κ1) is 18.2. The van der Waals surface area contributed by atoms with Crippen LogP contribution in [-0.4, -0.2) is 38.1 Å². The van der Waals surface area contributed by atoms with Crippen LogP contribution in [0, 0.1) is 0 Å². The van der Waals surface area contributed by atoms with Gasteiger partial charge in [-0.15, -0.1) is 0 Å². The zero-order valence-corrected chi connectivity index (χ0v) is 16.3. The molecule has 1 aromatic carbocycles. The summed E-state index contributed by atoms with van der Waals surface area (Å²) in [6.45, 7) is 4.52. The second-order valence-corrected chi connectivity index (χ2v) is 7.18. The van der Waals surface area contributed by atoms with E-state index in [2.05, 4.69) is 25.6 Å². The summed E-state index contributed by atoms with van der Waals surface area (Å²) >= 11 is 5.94. The zero-order chi connectivity index (χ0) is 19.7. The van der Waals surface area contributed by atoms with E-state index >= 15 is 0 Å². The van der Waals surface area contributed by atoms with Crippen LogP contribution in [0.1, 0.15) is 25.6 Å². The Hall–Kier alpha value is -3.13. The highest BCUT2D eigenvalue weighted by atomic mass is 35.5. The van der Waals surface area contributed by atoms with Crippen molar-refractivity contribution >= 4 is 29.4 Å². The van der Waals surface area contributed by atoms with E-state index in [1.165, 1.54) is 0 Å². The van der Waals surface area contributed by atoms with Gasteiger partial charge in [-0.3, -0.25) is 4.90 Å². The maximum absolute atomic E-state index is 12.0. The Morgan fingerprint density at radius 2 is 2.04 bits per heavy atom. The lowest BCUT2D eigenvalue weighted by Gasteiger charge is -2.16. The van der Waals surface area contributed by atoms with Gasteiger partial charge in [0.25, 0.3) is 0 Å². The van der Waals surface area contributed by atoms with Crippen LogP contribution >= 0.6 is 11.6 Å². The molecule has 1 fully saturated rings. The Bertz CT molecular complexity index is 988. The molecule has 2 N–H and O–H groups in total. The van der Waals surface area contributed by atoms with Gasteiger partial charge < -0.3 is 15.2 Å². The summed E-state index contributed by atoms with van der Waals surface area (Å²) in [6, 6.07) is 9.10. The second kappa shape index (κ2) is 7.47. The van der Waals surface area contributed by atoms with Gasteiger partial charge in [0, 0.05) is 35.7 Å². The van der Waals surface area contributed by atoms with E-state index in [1.54, 1.807) is 23.5 Å². The summed E-state index contributed by atoms with van der Waals surface area (Å²) in [4.78, 5) is 26.8. The number of nitrogens with zero attached hydrogens (tertiary/aromatic N) is 5. The molecule has 9 heteroatoms. The monoisotopic (exact) mass is 397 g/mol. The molecule has 2 amide bonds. The molecule has 28 heavy (non-hydrogen) atoms. The summed E-state index contributed by atoms with van der Waals surface area (Å²) in [6.07, 6.45) is 5.34. The minimum Gasteiger partial charge on any atom is -0.346 e. The summed E-state index contributed by atoms with van der Waals surface area (Å²) in [5, 5.41) is 6.79. The Labute approximate surface area is 167 Å². The van der Waals surface area contributed by atoms with Crippen LogP contribution in [0.15, 0.2) is 49.1 Å². The number of carbonyl (C=O) groups excluding carboxylic acids is 1. The number of benzene rings is 1.